The predicted molar refractivity (Wildman–Crippen MR) is 73.4 cm³/mol. The van der Waals surface area contributed by atoms with Gasteiger partial charge in [0.25, 0.3) is 0 Å². The zero-order valence-corrected chi connectivity index (χ0v) is 10.9. The number of nitrogens with one attached hydrogen (secondary N) is 1. The summed E-state index contributed by atoms with van der Waals surface area (Å²) >= 11 is 0. The van der Waals surface area contributed by atoms with E-state index in [9.17, 15) is 0 Å². The quantitative estimate of drug-likeness (QED) is 0.874. The molecule has 94 valence electrons. The molecular formula is C15H19N3. The number of likely N-dealkylation sites (N-methyl/N-ethyl adjacent to an activating group) is 1. The lowest BCUT2D eigenvalue weighted by Crippen LogP contribution is -2.19. The highest BCUT2D eigenvalue weighted by atomic mass is 15.1. The molecule has 0 spiro atoms. The molecule has 0 radical (unpaired) electrons. The molecule has 1 aromatic heterocycles. The Morgan fingerprint density at radius 3 is 2.33 bits per heavy atom. The first-order chi connectivity index (χ1) is 8.83. The van der Waals surface area contributed by atoms with Crippen LogP contribution in [0.15, 0.2) is 42.7 Å². The predicted octanol–water partition coefficient (Wildman–Crippen LogP) is 2.54. The summed E-state index contributed by atoms with van der Waals surface area (Å²) < 4.78 is 0. The summed E-state index contributed by atoms with van der Waals surface area (Å²) in [5, 5.41) is 11.1. The summed E-state index contributed by atoms with van der Waals surface area (Å²) in [5.41, 5.74) is 3.89. The fourth-order valence-corrected chi connectivity index (χ4v) is 2.04. The molecule has 1 unspecified atom stereocenters. The van der Waals surface area contributed by atoms with Gasteiger partial charge < -0.3 is 5.32 Å². The van der Waals surface area contributed by atoms with Gasteiger partial charge in [-0.2, -0.15) is 10.2 Å². The second-order valence-electron chi connectivity index (χ2n) is 4.39. The zero-order valence-electron chi connectivity index (χ0n) is 10.9. The minimum atomic E-state index is 0.285. The Bertz CT molecular complexity index is 465. The molecule has 1 aromatic carbocycles. The molecule has 3 heteroatoms. The first-order valence-electron chi connectivity index (χ1n) is 6.35. The van der Waals surface area contributed by atoms with E-state index in [0.717, 1.165) is 12.8 Å². The number of benzene rings is 1. The molecule has 0 aliphatic rings. The zero-order chi connectivity index (χ0) is 12.8. The van der Waals surface area contributed by atoms with Gasteiger partial charge in [0, 0.05) is 12.2 Å². The molecule has 0 amide bonds. The van der Waals surface area contributed by atoms with Gasteiger partial charge in [0.1, 0.15) is 0 Å². The molecule has 18 heavy (non-hydrogen) atoms. The SMILES string of the molecule is CCc1ccc(CC(NC)c2ccnnc2)cc1. The summed E-state index contributed by atoms with van der Waals surface area (Å²) in [5.74, 6) is 0. The van der Waals surface area contributed by atoms with Crippen molar-refractivity contribution in [1.82, 2.24) is 15.5 Å². The van der Waals surface area contributed by atoms with E-state index in [2.05, 4.69) is 46.7 Å². The van der Waals surface area contributed by atoms with Crippen molar-refractivity contribution in [2.45, 2.75) is 25.8 Å². The van der Waals surface area contributed by atoms with Gasteiger partial charge in [0.2, 0.25) is 0 Å². The average molecular weight is 241 g/mol. The van der Waals surface area contributed by atoms with Gasteiger partial charge in [-0.15, -0.1) is 0 Å². The van der Waals surface area contributed by atoms with Crippen LogP contribution in [0.3, 0.4) is 0 Å². The second-order valence-corrected chi connectivity index (χ2v) is 4.39. The molecule has 1 heterocycles. The maximum absolute atomic E-state index is 3.93. The molecule has 3 nitrogen and oxygen atoms in total. The van der Waals surface area contributed by atoms with Gasteiger partial charge in [-0.25, -0.2) is 0 Å². The van der Waals surface area contributed by atoms with Crippen molar-refractivity contribution in [2.75, 3.05) is 7.05 Å². The average Bonchev–Trinajstić information content (AvgIpc) is 2.46. The van der Waals surface area contributed by atoms with Crippen molar-refractivity contribution in [2.24, 2.45) is 0 Å². The largest absolute Gasteiger partial charge is 0.313 e. The fraction of sp³-hybridized carbons (Fsp3) is 0.333. The van der Waals surface area contributed by atoms with E-state index in [4.69, 9.17) is 0 Å². The van der Waals surface area contributed by atoms with E-state index in [0.29, 0.717) is 0 Å². The van der Waals surface area contributed by atoms with Crippen molar-refractivity contribution in [3.63, 3.8) is 0 Å². The summed E-state index contributed by atoms with van der Waals surface area (Å²) in [6.45, 7) is 2.17. The summed E-state index contributed by atoms with van der Waals surface area (Å²) in [4.78, 5) is 0. The summed E-state index contributed by atoms with van der Waals surface area (Å²) in [6, 6.07) is 11.1. The summed E-state index contributed by atoms with van der Waals surface area (Å²) in [6.07, 6.45) is 5.61. The van der Waals surface area contributed by atoms with Crippen molar-refractivity contribution in [3.05, 3.63) is 59.4 Å². The number of rotatable bonds is 5. The fourth-order valence-electron chi connectivity index (χ4n) is 2.04. The Hall–Kier alpha value is -1.74. The van der Waals surface area contributed by atoms with Gasteiger partial charge in [0.05, 0.1) is 6.20 Å². The number of nitrogens with zero attached hydrogens (tertiary/aromatic N) is 2. The van der Waals surface area contributed by atoms with Gasteiger partial charge in [0.15, 0.2) is 0 Å². The Balaban J connectivity index is 2.10. The van der Waals surface area contributed by atoms with E-state index < -0.39 is 0 Å². The number of aryl methyl sites for hydroxylation is 1. The van der Waals surface area contributed by atoms with Gasteiger partial charge in [-0.1, -0.05) is 31.2 Å². The first-order valence-corrected chi connectivity index (χ1v) is 6.35. The van der Waals surface area contributed by atoms with Crippen LogP contribution in [0.2, 0.25) is 0 Å². The van der Waals surface area contributed by atoms with E-state index >= 15 is 0 Å². The van der Waals surface area contributed by atoms with E-state index in [1.807, 2.05) is 19.3 Å². The van der Waals surface area contributed by atoms with Crippen LogP contribution in [0.25, 0.3) is 0 Å². The minimum absolute atomic E-state index is 0.285. The van der Waals surface area contributed by atoms with E-state index in [1.165, 1.54) is 16.7 Å². The van der Waals surface area contributed by atoms with Crippen LogP contribution in [-0.2, 0) is 12.8 Å². The Morgan fingerprint density at radius 2 is 1.78 bits per heavy atom. The highest BCUT2D eigenvalue weighted by Crippen LogP contribution is 2.17. The number of hydrogen-bond acceptors (Lipinski definition) is 3. The molecule has 2 aromatic rings. The molecule has 0 fully saturated rings. The lowest BCUT2D eigenvalue weighted by atomic mass is 9.99. The van der Waals surface area contributed by atoms with E-state index in [1.54, 1.807) is 6.20 Å². The monoisotopic (exact) mass is 241 g/mol. The van der Waals surface area contributed by atoms with Crippen LogP contribution in [-0.4, -0.2) is 17.2 Å². The van der Waals surface area contributed by atoms with Crippen molar-refractivity contribution < 1.29 is 0 Å². The highest BCUT2D eigenvalue weighted by Gasteiger charge is 2.10. The molecule has 0 saturated heterocycles. The number of aromatic nitrogens is 2. The first kappa shape index (κ1) is 12.7. The standard InChI is InChI=1S/C15H19N3/c1-3-12-4-6-13(7-5-12)10-15(16-2)14-8-9-17-18-11-14/h4-9,11,15-16H,3,10H2,1-2H3. The lowest BCUT2D eigenvalue weighted by Gasteiger charge is -2.16. The van der Waals surface area contributed by atoms with Crippen LogP contribution in [0.1, 0.15) is 29.7 Å². The van der Waals surface area contributed by atoms with Crippen molar-refractivity contribution in [1.29, 1.82) is 0 Å². The van der Waals surface area contributed by atoms with Crippen LogP contribution >= 0.6 is 0 Å². The van der Waals surface area contributed by atoms with Gasteiger partial charge in [-0.05, 0) is 42.6 Å². The van der Waals surface area contributed by atoms with Crippen LogP contribution < -0.4 is 5.32 Å². The molecule has 2 rings (SSSR count). The van der Waals surface area contributed by atoms with Gasteiger partial charge in [-0.3, -0.25) is 0 Å². The highest BCUT2D eigenvalue weighted by molar-refractivity contribution is 5.25. The maximum atomic E-state index is 3.93. The second kappa shape index (κ2) is 6.26. The minimum Gasteiger partial charge on any atom is -0.313 e. The van der Waals surface area contributed by atoms with Gasteiger partial charge >= 0.3 is 0 Å². The Labute approximate surface area is 108 Å². The molecule has 0 bridgehead atoms. The summed E-state index contributed by atoms with van der Waals surface area (Å²) in [7, 11) is 1.98. The lowest BCUT2D eigenvalue weighted by molar-refractivity contribution is 0.588. The molecule has 0 aliphatic carbocycles. The Kier molecular flexibility index (Phi) is 4.42. The molecule has 1 N–H and O–H groups in total. The molecule has 1 atom stereocenters. The van der Waals surface area contributed by atoms with Crippen LogP contribution in [0, 0.1) is 0 Å². The third-order valence-corrected chi connectivity index (χ3v) is 3.23. The molecule has 0 saturated carbocycles. The Morgan fingerprint density at radius 1 is 1.06 bits per heavy atom. The third kappa shape index (κ3) is 3.14. The van der Waals surface area contributed by atoms with E-state index in [-0.39, 0.29) is 6.04 Å². The van der Waals surface area contributed by atoms with Crippen molar-refractivity contribution >= 4 is 0 Å². The molecular weight excluding hydrogens is 222 g/mol. The number of hydrogen-bond donors (Lipinski definition) is 1. The maximum Gasteiger partial charge on any atom is 0.0544 e. The van der Waals surface area contributed by atoms with Crippen LogP contribution in [0.5, 0.6) is 0 Å². The van der Waals surface area contributed by atoms with Crippen molar-refractivity contribution in [3.8, 4) is 0 Å². The normalized spacial score (nSPS) is 12.3. The topological polar surface area (TPSA) is 37.8 Å². The van der Waals surface area contributed by atoms with Crippen LogP contribution in [0.4, 0.5) is 0 Å². The molecule has 0 aliphatic heterocycles. The third-order valence-electron chi connectivity index (χ3n) is 3.23. The smallest absolute Gasteiger partial charge is 0.0544 e.